The van der Waals surface area contributed by atoms with Crippen LogP contribution in [0, 0.1) is 13.8 Å². The third-order valence-electron chi connectivity index (χ3n) is 4.34. The number of carbonyl (C=O) groups excluding carboxylic acids is 2. The second kappa shape index (κ2) is 9.73. The third-order valence-corrected chi connectivity index (χ3v) is 6.02. The van der Waals surface area contributed by atoms with Gasteiger partial charge in [0.05, 0.1) is 4.90 Å². The van der Waals surface area contributed by atoms with E-state index in [1.165, 1.54) is 24.3 Å². The normalized spacial score (nSPS) is 12.3. The zero-order chi connectivity index (χ0) is 22.5. The summed E-state index contributed by atoms with van der Waals surface area (Å²) in [4.78, 5) is 24.5. The van der Waals surface area contributed by atoms with Crippen LogP contribution in [0.1, 0.15) is 42.3 Å². The number of amides is 2. The molecule has 0 spiro atoms. The predicted octanol–water partition coefficient (Wildman–Crippen LogP) is 2.22. The van der Waals surface area contributed by atoms with Crippen molar-refractivity contribution in [3.8, 4) is 5.75 Å². The molecule has 0 aromatic heterocycles. The number of sulfonamides is 1. The maximum absolute atomic E-state index is 12.2. The van der Waals surface area contributed by atoms with Crippen molar-refractivity contribution in [2.75, 3.05) is 0 Å². The van der Waals surface area contributed by atoms with E-state index in [0.29, 0.717) is 5.75 Å². The monoisotopic (exact) mass is 433 g/mol. The Balaban J connectivity index is 1.94. The van der Waals surface area contributed by atoms with Gasteiger partial charge in [-0.3, -0.25) is 20.4 Å². The summed E-state index contributed by atoms with van der Waals surface area (Å²) in [6.45, 7) is 8.85. The van der Waals surface area contributed by atoms with Crippen molar-refractivity contribution >= 4 is 21.8 Å². The molecule has 0 saturated carbocycles. The fraction of sp³-hybridized carbons (Fsp3) is 0.333. The largest absolute Gasteiger partial charge is 0.481 e. The van der Waals surface area contributed by atoms with Crippen LogP contribution in [0.2, 0.25) is 0 Å². The van der Waals surface area contributed by atoms with Gasteiger partial charge in [0.25, 0.3) is 11.8 Å². The molecule has 0 fully saturated rings. The Morgan fingerprint density at radius 3 is 2.17 bits per heavy atom. The number of benzene rings is 2. The predicted molar refractivity (Wildman–Crippen MR) is 114 cm³/mol. The SMILES string of the molecule is Cc1cccc(OC(C)C(=O)NNC(=O)c2ccc(S(=O)(=O)NC(C)C)cc2)c1C. The number of aryl methyl sites for hydroxylation is 1. The molecular formula is C21H27N3O5S. The third kappa shape index (κ3) is 6.04. The molecule has 3 N–H and O–H groups in total. The molecule has 2 aromatic carbocycles. The van der Waals surface area contributed by atoms with Gasteiger partial charge in [-0.15, -0.1) is 0 Å². The Labute approximate surface area is 177 Å². The second-order valence-corrected chi connectivity index (χ2v) is 8.92. The summed E-state index contributed by atoms with van der Waals surface area (Å²) in [5, 5.41) is 0. The van der Waals surface area contributed by atoms with Crippen molar-refractivity contribution < 1.29 is 22.7 Å². The van der Waals surface area contributed by atoms with Gasteiger partial charge in [0, 0.05) is 11.6 Å². The summed E-state index contributed by atoms with van der Waals surface area (Å²) >= 11 is 0. The highest BCUT2D eigenvalue weighted by atomic mass is 32.2. The molecule has 0 aliphatic carbocycles. The van der Waals surface area contributed by atoms with Crippen LogP contribution >= 0.6 is 0 Å². The highest BCUT2D eigenvalue weighted by Crippen LogP contribution is 2.21. The Morgan fingerprint density at radius 1 is 0.933 bits per heavy atom. The Hall–Kier alpha value is -2.91. The molecule has 9 heteroatoms. The van der Waals surface area contributed by atoms with Crippen LogP contribution in [-0.2, 0) is 14.8 Å². The van der Waals surface area contributed by atoms with E-state index in [1.54, 1.807) is 26.8 Å². The smallest absolute Gasteiger partial charge is 0.279 e. The van der Waals surface area contributed by atoms with Crippen LogP contribution in [0.5, 0.6) is 5.75 Å². The Bertz CT molecular complexity index is 1020. The molecule has 0 aliphatic heterocycles. The Morgan fingerprint density at radius 2 is 1.57 bits per heavy atom. The maximum Gasteiger partial charge on any atom is 0.279 e. The lowest BCUT2D eigenvalue weighted by atomic mass is 10.1. The lowest BCUT2D eigenvalue weighted by Crippen LogP contribution is -2.47. The molecular weight excluding hydrogens is 406 g/mol. The maximum atomic E-state index is 12.2. The van der Waals surface area contributed by atoms with Crippen LogP contribution in [0.15, 0.2) is 47.4 Å². The summed E-state index contributed by atoms with van der Waals surface area (Å²) in [6, 6.07) is 10.7. The van der Waals surface area contributed by atoms with Gasteiger partial charge in [-0.05, 0) is 76.1 Å². The summed E-state index contributed by atoms with van der Waals surface area (Å²) in [5.41, 5.74) is 6.78. The van der Waals surface area contributed by atoms with Gasteiger partial charge in [-0.2, -0.15) is 0 Å². The lowest BCUT2D eigenvalue weighted by Gasteiger charge is -2.17. The topological polar surface area (TPSA) is 114 Å². The number of hydrazine groups is 1. The van der Waals surface area contributed by atoms with Crippen molar-refractivity contribution in [1.29, 1.82) is 0 Å². The van der Waals surface area contributed by atoms with Gasteiger partial charge in [0.2, 0.25) is 10.0 Å². The van der Waals surface area contributed by atoms with E-state index >= 15 is 0 Å². The lowest BCUT2D eigenvalue weighted by molar-refractivity contribution is -0.128. The molecule has 30 heavy (non-hydrogen) atoms. The highest BCUT2D eigenvalue weighted by molar-refractivity contribution is 7.89. The van der Waals surface area contributed by atoms with E-state index in [4.69, 9.17) is 4.74 Å². The second-order valence-electron chi connectivity index (χ2n) is 7.20. The van der Waals surface area contributed by atoms with Crippen molar-refractivity contribution in [2.45, 2.75) is 51.7 Å². The number of ether oxygens (including phenoxy) is 1. The summed E-state index contributed by atoms with van der Waals surface area (Å²) in [5.74, 6) is -0.511. The number of hydrogen-bond acceptors (Lipinski definition) is 5. The van der Waals surface area contributed by atoms with Crippen LogP contribution in [-0.4, -0.2) is 32.4 Å². The minimum atomic E-state index is -3.64. The molecule has 1 unspecified atom stereocenters. The van der Waals surface area contributed by atoms with Crippen molar-refractivity contribution in [3.63, 3.8) is 0 Å². The van der Waals surface area contributed by atoms with Crippen LogP contribution in [0.3, 0.4) is 0 Å². The van der Waals surface area contributed by atoms with E-state index in [9.17, 15) is 18.0 Å². The quantitative estimate of drug-likeness (QED) is 0.580. The first-order valence-corrected chi connectivity index (χ1v) is 10.9. The van der Waals surface area contributed by atoms with E-state index in [-0.39, 0.29) is 16.5 Å². The van der Waals surface area contributed by atoms with E-state index < -0.39 is 27.9 Å². The zero-order valence-electron chi connectivity index (χ0n) is 17.6. The van der Waals surface area contributed by atoms with E-state index in [2.05, 4.69) is 15.6 Å². The minimum absolute atomic E-state index is 0.0485. The summed E-state index contributed by atoms with van der Waals surface area (Å²) in [6.07, 6.45) is -0.833. The van der Waals surface area contributed by atoms with Crippen molar-refractivity contribution in [3.05, 3.63) is 59.2 Å². The molecule has 162 valence electrons. The molecule has 0 saturated heterocycles. The highest BCUT2D eigenvalue weighted by Gasteiger charge is 2.18. The van der Waals surface area contributed by atoms with Gasteiger partial charge in [-0.25, -0.2) is 13.1 Å². The molecule has 2 rings (SSSR count). The molecule has 2 aromatic rings. The van der Waals surface area contributed by atoms with Crippen LogP contribution in [0.4, 0.5) is 0 Å². The number of carbonyl (C=O) groups is 2. The van der Waals surface area contributed by atoms with Crippen LogP contribution < -0.4 is 20.3 Å². The van der Waals surface area contributed by atoms with Crippen molar-refractivity contribution in [2.24, 2.45) is 0 Å². The van der Waals surface area contributed by atoms with E-state index in [0.717, 1.165) is 11.1 Å². The number of rotatable bonds is 7. The summed E-state index contributed by atoms with van der Waals surface area (Å²) < 4.78 is 32.4. The molecule has 0 aliphatic rings. The molecule has 8 nitrogen and oxygen atoms in total. The molecule has 0 heterocycles. The first kappa shape index (κ1) is 23.4. The number of nitrogens with one attached hydrogen (secondary N) is 3. The Kier molecular flexibility index (Phi) is 7.58. The van der Waals surface area contributed by atoms with Gasteiger partial charge in [-0.1, -0.05) is 12.1 Å². The number of hydrogen-bond donors (Lipinski definition) is 3. The minimum Gasteiger partial charge on any atom is -0.481 e. The fourth-order valence-electron chi connectivity index (χ4n) is 2.55. The first-order chi connectivity index (χ1) is 14.0. The standard InChI is InChI=1S/C21H27N3O5S/c1-13(2)24-30(27,28)18-11-9-17(10-12-18)21(26)23-22-20(25)16(5)29-19-8-6-7-14(3)15(19)4/h6-13,16,24H,1-5H3,(H,22,25)(H,23,26). The zero-order valence-corrected chi connectivity index (χ0v) is 18.5. The summed E-state index contributed by atoms with van der Waals surface area (Å²) in [7, 11) is -3.64. The average Bonchev–Trinajstić information content (AvgIpc) is 2.68. The van der Waals surface area contributed by atoms with E-state index in [1.807, 2.05) is 26.0 Å². The average molecular weight is 434 g/mol. The molecule has 1 atom stereocenters. The molecule has 0 radical (unpaired) electrons. The van der Waals surface area contributed by atoms with Gasteiger partial charge in [0.15, 0.2) is 6.10 Å². The van der Waals surface area contributed by atoms with Gasteiger partial charge < -0.3 is 4.74 Å². The molecule has 0 bridgehead atoms. The van der Waals surface area contributed by atoms with Gasteiger partial charge >= 0.3 is 0 Å². The van der Waals surface area contributed by atoms with Gasteiger partial charge in [0.1, 0.15) is 5.75 Å². The molecule has 2 amide bonds. The van der Waals surface area contributed by atoms with Crippen molar-refractivity contribution in [1.82, 2.24) is 15.6 Å². The fourth-order valence-corrected chi connectivity index (χ4v) is 3.80. The first-order valence-electron chi connectivity index (χ1n) is 9.46. The van der Waals surface area contributed by atoms with Crippen LogP contribution in [0.25, 0.3) is 0 Å².